The van der Waals surface area contributed by atoms with Gasteiger partial charge >= 0.3 is 0 Å². The highest BCUT2D eigenvalue weighted by atomic mass is 127. The maximum absolute atomic E-state index is 11.4. The van der Waals surface area contributed by atoms with E-state index in [9.17, 15) is 4.79 Å². The Morgan fingerprint density at radius 3 is 3.17 bits per heavy atom. The van der Waals surface area contributed by atoms with Crippen molar-refractivity contribution in [1.29, 1.82) is 0 Å². The Morgan fingerprint density at radius 2 is 2.42 bits per heavy atom. The average Bonchev–Trinajstić information content (AvgIpc) is 2.41. The average molecular weight is 277 g/mol. The zero-order valence-electron chi connectivity index (χ0n) is 6.11. The molecule has 0 unspecified atom stereocenters. The summed E-state index contributed by atoms with van der Waals surface area (Å²) in [5.41, 5.74) is 0.160. The van der Waals surface area contributed by atoms with E-state index in [0.29, 0.717) is 14.8 Å². The highest BCUT2D eigenvalue weighted by molar-refractivity contribution is 14.1. The van der Waals surface area contributed by atoms with Gasteiger partial charge in [-0.15, -0.1) is 0 Å². The van der Waals surface area contributed by atoms with Gasteiger partial charge in [-0.3, -0.25) is 4.79 Å². The van der Waals surface area contributed by atoms with Crippen molar-refractivity contribution >= 4 is 33.7 Å². The monoisotopic (exact) mass is 277 g/mol. The molecule has 0 amide bonds. The number of rotatable bonds is 0. The molecule has 0 bridgehead atoms. The van der Waals surface area contributed by atoms with Gasteiger partial charge in [0.1, 0.15) is 11.7 Å². The topological polar surface area (TPSA) is 60.9 Å². The molecule has 2 heterocycles. The molecule has 0 N–H and O–H groups in total. The molecule has 0 saturated carbocycles. The number of aromatic nitrogens is 3. The van der Waals surface area contributed by atoms with E-state index in [1.807, 2.05) is 22.6 Å². The fourth-order valence-electron chi connectivity index (χ4n) is 0.898. The van der Waals surface area contributed by atoms with Crippen molar-refractivity contribution in [1.82, 2.24) is 14.7 Å². The van der Waals surface area contributed by atoms with Gasteiger partial charge in [-0.2, -0.15) is 0 Å². The second-order valence-corrected chi connectivity index (χ2v) is 3.34. The Hall–Kier alpha value is -0.920. The molecule has 0 aliphatic heterocycles. The third-order valence-electron chi connectivity index (χ3n) is 1.51. The van der Waals surface area contributed by atoms with Crippen LogP contribution < -0.4 is 5.56 Å². The normalized spacial score (nSPS) is 10.8. The molecule has 62 valence electrons. The van der Waals surface area contributed by atoms with E-state index in [2.05, 4.69) is 10.1 Å². The summed E-state index contributed by atoms with van der Waals surface area (Å²) < 4.78 is 6.75. The van der Waals surface area contributed by atoms with E-state index in [1.165, 1.54) is 10.9 Å². The van der Waals surface area contributed by atoms with Crippen LogP contribution in [0.15, 0.2) is 15.6 Å². The van der Waals surface area contributed by atoms with Gasteiger partial charge in [-0.25, -0.2) is 4.98 Å². The Labute approximate surface area is 80.5 Å². The number of aryl methyl sites for hydroxylation is 1. The highest BCUT2D eigenvalue weighted by Crippen LogP contribution is 2.12. The lowest BCUT2D eigenvalue weighted by molar-refractivity contribution is 0.442. The van der Waals surface area contributed by atoms with Crippen molar-refractivity contribution in [2.75, 3.05) is 0 Å². The van der Waals surface area contributed by atoms with Crippen LogP contribution in [0, 0.1) is 3.70 Å². The summed E-state index contributed by atoms with van der Waals surface area (Å²) in [5, 5.41) is 4.08. The fraction of sp³-hybridized carbons (Fsp3) is 0.167. The van der Waals surface area contributed by atoms with E-state index >= 15 is 0 Å². The smallest absolute Gasteiger partial charge is 0.267 e. The summed E-state index contributed by atoms with van der Waals surface area (Å²) in [6.07, 6.45) is 1.41. The molecule has 0 aliphatic rings. The second-order valence-electron chi connectivity index (χ2n) is 2.31. The third-order valence-corrected chi connectivity index (χ3v) is 2.25. The quantitative estimate of drug-likeness (QED) is 0.659. The summed E-state index contributed by atoms with van der Waals surface area (Å²) >= 11 is 1.94. The molecular weight excluding hydrogens is 273 g/mol. The van der Waals surface area contributed by atoms with Crippen LogP contribution in [0.4, 0.5) is 0 Å². The summed E-state index contributed by atoms with van der Waals surface area (Å²) in [6.45, 7) is 0. The van der Waals surface area contributed by atoms with Crippen molar-refractivity contribution in [3.63, 3.8) is 0 Å². The van der Waals surface area contributed by atoms with Crippen molar-refractivity contribution in [3.05, 3.63) is 20.4 Å². The number of hydrogen-bond donors (Lipinski definition) is 0. The molecule has 0 radical (unpaired) electrons. The van der Waals surface area contributed by atoms with Crippen molar-refractivity contribution < 1.29 is 4.52 Å². The molecular formula is C6H4IN3O2. The molecule has 0 aromatic carbocycles. The predicted octanol–water partition coefficient (Wildman–Crippen LogP) is 0.526. The molecule has 2 rings (SSSR count). The summed E-state index contributed by atoms with van der Waals surface area (Å²) in [7, 11) is 1.64. The maximum Gasteiger partial charge on any atom is 0.267 e. The fourth-order valence-corrected chi connectivity index (χ4v) is 1.46. The molecule has 0 fully saturated rings. The predicted molar refractivity (Wildman–Crippen MR) is 49.8 cm³/mol. The third kappa shape index (κ3) is 0.942. The first-order valence-electron chi connectivity index (χ1n) is 3.16. The lowest BCUT2D eigenvalue weighted by Crippen LogP contribution is -2.16. The molecule has 0 aliphatic carbocycles. The molecule has 0 atom stereocenters. The van der Waals surface area contributed by atoms with E-state index in [0.717, 1.165) is 0 Å². The van der Waals surface area contributed by atoms with Gasteiger partial charge in [0.05, 0.1) is 0 Å². The minimum absolute atomic E-state index is 0.134. The zero-order valence-corrected chi connectivity index (χ0v) is 8.27. The van der Waals surface area contributed by atoms with E-state index in [1.54, 1.807) is 7.05 Å². The first-order chi connectivity index (χ1) is 5.70. The maximum atomic E-state index is 11.4. The molecule has 2 aromatic heterocycles. The Bertz CT molecular complexity index is 487. The summed E-state index contributed by atoms with van der Waals surface area (Å²) in [6, 6.07) is 0. The van der Waals surface area contributed by atoms with Crippen LogP contribution in [0.25, 0.3) is 11.1 Å². The van der Waals surface area contributed by atoms with Crippen molar-refractivity contribution in [2.45, 2.75) is 0 Å². The molecule has 2 aromatic rings. The van der Waals surface area contributed by atoms with Gasteiger partial charge in [0.25, 0.3) is 11.3 Å². The molecule has 12 heavy (non-hydrogen) atoms. The Morgan fingerprint density at radius 1 is 1.67 bits per heavy atom. The van der Waals surface area contributed by atoms with Gasteiger partial charge in [0, 0.05) is 7.05 Å². The number of hydrogen-bond acceptors (Lipinski definition) is 4. The van der Waals surface area contributed by atoms with E-state index in [4.69, 9.17) is 4.52 Å². The van der Waals surface area contributed by atoms with Crippen LogP contribution in [0.1, 0.15) is 0 Å². The summed E-state index contributed by atoms with van der Waals surface area (Å²) in [4.78, 5) is 15.3. The van der Waals surface area contributed by atoms with Crippen LogP contribution in [-0.2, 0) is 7.05 Å². The minimum Gasteiger partial charge on any atom is -0.334 e. The summed E-state index contributed by atoms with van der Waals surface area (Å²) in [5.74, 6) is 0. The molecule has 5 nitrogen and oxygen atoms in total. The van der Waals surface area contributed by atoms with Crippen LogP contribution in [0.2, 0.25) is 0 Å². The molecule has 0 saturated heterocycles. The van der Waals surface area contributed by atoms with E-state index < -0.39 is 0 Å². The Kier molecular flexibility index (Phi) is 1.63. The van der Waals surface area contributed by atoms with Crippen LogP contribution in [-0.4, -0.2) is 14.7 Å². The first-order valence-corrected chi connectivity index (χ1v) is 4.24. The second kappa shape index (κ2) is 2.54. The Balaban J connectivity index is 3.06. The van der Waals surface area contributed by atoms with Crippen LogP contribution >= 0.6 is 22.6 Å². The minimum atomic E-state index is -0.134. The number of fused-ring (bicyclic) bond motifs is 1. The van der Waals surface area contributed by atoms with Gasteiger partial charge in [-0.05, 0) is 22.6 Å². The van der Waals surface area contributed by atoms with Gasteiger partial charge in [-0.1, -0.05) is 5.16 Å². The van der Waals surface area contributed by atoms with Crippen LogP contribution in [0.3, 0.4) is 0 Å². The largest absolute Gasteiger partial charge is 0.334 e. The standard InChI is InChI=1S/C6H4IN3O2/c1-10-2-8-5-3(6(10)11)4(7)9-12-5/h2H,1H3. The van der Waals surface area contributed by atoms with E-state index in [-0.39, 0.29) is 5.56 Å². The first kappa shape index (κ1) is 7.71. The van der Waals surface area contributed by atoms with Crippen LogP contribution in [0.5, 0.6) is 0 Å². The SMILES string of the molecule is Cn1cnc2onc(I)c2c1=O. The highest BCUT2D eigenvalue weighted by Gasteiger charge is 2.10. The lowest BCUT2D eigenvalue weighted by Gasteiger charge is -1.92. The number of halogens is 1. The zero-order chi connectivity index (χ0) is 8.72. The van der Waals surface area contributed by atoms with Gasteiger partial charge in [0.2, 0.25) is 0 Å². The van der Waals surface area contributed by atoms with Gasteiger partial charge in [0.15, 0.2) is 3.70 Å². The number of nitrogens with zero attached hydrogens (tertiary/aromatic N) is 3. The van der Waals surface area contributed by atoms with Gasteiger partial charge < -0.3 is 9.09 Å². The molecule has 6 heteroatoms. The van der Waals surface area contributed by atoms with Crippen molar-refractivity contribution in [2.24, 2.45) is 7.05 Å². The lowest BCUT2D eigenvalue weighted by atomic mass is 10.4. The molecule has 0 spiro atoms. The van der Waals surface area contributed by atoms with Crippen molar-refractivity contribution in [3.8, 4) is 0 Å².